The molecule has 0 heterocycles. The van der Waals surface area contributed by atoms with Crippen molar-refractivity contribution in [1.29, 1.82) is 0 Å². The standard InChI is InChI=1S/C13H18ClNO6S/c1-13(2,21-4)7-22(18,19)15-11-9(20-3)6-5-8(14)10(11)12(16)17/h5-6,15H,7H2,1-4H3,(H,16,17). The second-order valence-electron chi connectivity index (χ2n) is 5.13. The molecule has 1 aromatic carbocycles. The minimum atomic E-state index is -3.89. The number of sulfonamides is 1. The van der Waals surface area contributed by atoms with Crippen molar-refractivity contribution in [1.82, 2.24) is 0 Å². The summed E-state index contributed by atoms with van der Waals surface area (Å²) in [5, 5.41) is 9.14. The van der Waals surface area contributed by atoms with E-state index >= 15 is 0 Å². The Hall–Kier alpha value is -1.51. The van der Waals surface area contributed by atoms with Crippen LogP contribution in [0.15, 0.2) is 12.1 Å². The number of hydrogen-bond donors (Lipinski definition) is 2. The van der Waals surface area contributed by atoms with Crippen molar-refractivity contribution in [2.75, 3.05) is 24.7 Å². The Balaban J connectivity index is 3.32. The van der Waals surface area contributed by atoms with Gasteiger partial charge >= 0.3 is 5.97 Å². The van der Waals surface area contributed by atoms with E-state index in [2.05, 4.69) is 4.72 Å². The van der Waals surface area contributed by atoms with Gasteiger partial charge in [-0.25, -0.2) is 13.2 Å². The maximum Gasteiger partial charge on any atom is 0.339 e. The number of nitrogens with one attached hydrogen (secondary N) is 1. The van der Waals surface area contributed by atoms with Crippen LogP contribution in [0.5, 0.6) is 5.75 Å². The highest BCUT2D eigenvalue weighted by molar-refractivity contribution is 7.92. The van der Waals surface area contributed by atoms with Gasteiger partial charge in [-0.1, -0.05) is 11.6 Å². The van der Waals surface area contributed by atoms with E-state index in [9.17, 15) is 18.3 Å². The van der Waals surface area contributed by atoms with Crippen LogP contribution in [-0.4, -0.2) is 45.1 Å². The molecule has 0 spiro atoms. The van der Waals surface area contributed by atoms with Crippen molar-refractivity contribution < 1.29 is 27.8 Å². The number of rotatable bonds is 7. The van der Waals surface area contributed by atoms with Gasteiger partial charge in [-0.15, -0.1) is 0 Å². The molecule has 0 bridgehead atoms. The molecule has 1 aromatic rings. The first-order valence-corrected chi connectivity index (χ1v) is 8.21. The number of carboxylic acid groups (broad SMARTS) is 1. The minimum Gasteiger partial charge on any atom is -0.495 e. The van der Waals surface area contributed by atoms with Crippen LogP contribution in [-0.2, 0) is 14.8 Å². The highest BCUT2D eigenvalue weighted by Crippen LogP contribution is 2.35. The summed E-state index contributed by atoms with van der Waals surface area (Å²) in [6.07, 6.45) is 0. The number of ether oxygens (including phenoxy) is 2. The minimum absolute atomic E-state index is 0.0561. The lowest BCUT2D eigenvalue weighted by Crippen LogP contribution is -2.35. The van der Waals surface area contributed by atoms with E-state index in [0.717, 1.165) is 0 Å². The lowest BCUT2D eigenvalue weighted by molar-refractivity contribution is 0.0426. The lowest BCUT2D eigenvalue weighted by atomic mass is 10.1. The molecule has 9 heteroatoms. The molecule has 0 saturated carbocycles. The van der Waals surface area contributed by atoms with Gasteiger partial charge in [0.25, 0.3) is 0 Å². The van der Waals surface area contributed by atoms with E-state index in [0.29, 0.717) is 0 Å². The normalized spacial score (nSPS) is 12.0. The molecular formula is C13H18ClNO6S. The van der Waals surface area contributed by atoms with Crippen LogP contribution in [0.4, 0.5) is 5.69 Å². The number of methoxy groups -OCH3 is 2. The van der Waals surface area contributed by atoms with E-state index in [1.807, 2.05) is 0 Å². The van der Waals surface area contributed by atoms with E-state index in [-0.39, 0.29) is 27.8 Å². The fraction of sp³-hybridized carbons (Fsp3) is 0.462. The molecule has 2 N–H and O–H groups in total. The smallest absolute Gasteiger partial charge is 0.339 e. The van der Waals surface area contributed by atoms with Gasteiger partial charge in [0.05, 0.1) is 23.5 Å². The van der Waals surface area contributed by atoms with Crippen LogP contribution < -0.4 is 9.46 Å². The molecule has 0 aliphatic rings. The molecule has 0 aromatic heterocycles. The third kappa shape index (κ3) is 4.49. The molecule has 0 amide bonds. The van der Waals surface area contributed by atoms with Gasteiger partial charge < -0.3 is 14.6 Å². The molecular weight excluding hydrogens is 334 g/mol. The molecule has 0 aliphatic heterocycles. The average Bonchev–Trinajstić information content (AvgIpc) is 2.36. The van der Waals surface area contributed by atoms with Crippen LogP contribution in [0.3, 0.4) is 0 Å². The molecule has 0 atom stereocenters. The lowest BCUT2D eigenvalue weighted by Gasteiger charge is -2.23. The predicted octanol–water partition coefficient (Wildman–Crippen LogP) is 2.21. The zero-order chi connectivity index (χ0) is 17.1. The van der Waals surface area contributed by atoms with Gasteiger partial charge in [-0.2, -0.15) is 0 Å². The van der Waals surface area contributed by atoms with Gasteiger partial charge in [0, 0.05) is 7.11 Å². The van der Waals surface area contributed by atoms with E-state index < -0.39 is 21.6 Å². The Bertz CT molecular complexity index is 671. The van der Waals surface area contributed by atoms with Crippen molar-refractivity contribution >= 4 is 33.3 Å². The van der Waals surface area contributed by atoms with Crippen LogP contribution in [0.25, 0.3) is 0 Å². The number of benzene rings is 1. The summed E-state index contributed by atoms with van der Waals surface area (Å²) in [6, 6.07) is 2.70. The maximum absolute atomic E-state index is 12.2. The number of carbonyl (C=O) groups is 1. The number of aromatic carboxylic acids is 1. The monoisotopic (exact) mass is 351 g/mol. The Kier molecular flexibility index (Phi) is 5.66. The number of halogens is 1. The maximum atomic E-state index is 12.2. The number of carboxylic acids is 1. The van der Waals surface area contributed by atoms with Crippen molar-refractivity contribution in [3.63, 3.8) is 0 Å². The summed E-state index contributed by atoms with van der Waals surface area (Å²) < 4.78 is 36.8. The second kappa shape index (κ2) is 6.72. The SMILES string of the molecule is COc1ccc(Cl)c(C(=O)O)c1NS(=O)(=O)CC(C)(C)OC. The van der Waals surface area contributed by atoms with Crippen molar-refractivity contribution in [3.8, 4) is 5.75 Å². The van der Waals surface area contributed by atoms with Crippen molar-refractivity contribution in [2.24, 2.45) is 0 Å². The molecule has 7 nitrogen and oxygen atoms in total. The molecule has 0 aliphatic carbocycles. The molecule has 0 radical (unpaired) electrons. The number of hydrogen-bond acceptors (Lipinski definition) is 5. The Morgan fingerprint density at radius 1 is 1.36 bits per heavy atom. The summed E-state index contributed by atoms with van der Waals surface area (Å²) in [5.41, 5.74) is -1.53. The van der Waals surface area contributed by atoms with E-state index in [1.165, 1.54) is 26.4 Å². The summed E-state index contributed by atoms with van der Waals surface area (Å²) in [4.78, 5) is 11.3. The Morgan fingerprint density at radius 2 is 1.95 bits per heavy atom. The van der Waals surface area contributed by atoms with Crippen LogP contribution in [0, 0.1) is 0 Å². The van der Waals surface area contributed by atoms with Crippen molar-refractivity contribution in [3.05, 3.63) is 22.7 Å². The highest BCUT2D eigenvalue weighted by atomic mass is 35.5. The van der Waals surface area contributed by atoms with E-state index in [1.54, 1.807) is 13.8 Å². The summed E-state index contributed by atoms with van der Waals surface area (Å²) in [6.45, 7) is 3.19. The average molecular weight is 352 g/mol. The molecule has 0 saturated heterocycles. The quantitative estimate of drug-likeness (QED) is 0.780. The molecule has 124 valence electrons. The first-order chi connectivity index (χ1) is 10.0. The second-order valence-corrected chi connectivity index (χ2v) is 7.26. The van der Waals surface area contributed by atoms with Crippen LogP contribution >= 0.6 is 11.6 Å². The Labute approximate surface area is 134 Å². The topological polar surface area (TPSA) is 102 Å². The third-order valence-corrected chi connectivity index (χ3v) is 4.80. The summed E-state index contributed by atoms with van der Waals surface area (Å²) in [5.74, 6) is -1.68. The third-order valence-electron chi connectivity index (χ3n) is 2.90. The zero-order valence-electron chi connectivity index (χ0n) is 12.6. The van der Waals surface area contributed by atoms with Gasteiger partial charge in [0.15, 0.2) is 0 Å². The van der Waals surface area contributed by atoms with Gasteiger partial charge in [-0.3, -0.25) is 4.72 Å². The first kappa shape index (κ1) is 18.5. The number of anilines is 1. The van der Waals surface area contributed by atoms with Crippen molar-refractivity contribution in [2.45, 2.75) is 19.4 Å². The fourth-order valence-electron chi connectivity index (χ4n) is 1.75. The molecule has 0 fully saturated rings. The zero-order valence-corrected chi connectivity index (χ0v) is 14.2. The van der Waals surface area contributed by atoms with Crippen LogP contribution in [0.1, 0.15) is 24.2 Å². The fourth-order valence-corrected chi connectivity index (χ4v) is 3.60. The van der Waals surface area contributed by atoms with E-state index in [4.69, 9.17) is 21.1 Å². The van der Waals surface area contributed by atoms with Crippen LogP contribution in [0.2, 0.25) is 5.02 Å². The summed E-state index contributed by atoms with van der Waals surface area (Å²) in [7, 11) is -1.20. The predicted molar refractivity (Wildman–Crippen MR) is 83.5 cm³/mol. The van der Waals surface area contributed by atoms with Gasteiger partial charge in [0.2, 0.25) is 10.0 Å². The summed E-state index contributed by atoms with van der Waals surface area (Å²) >= 11 is 5.85. The van der Waals surface area contributed by atoms with Gasteiger partial charge in [0.1, 0.15) is 17.0 Å². The largest absolute Gasteiger partial charge is 0.495 e. The first-order valence-electron chi connectivity index (χ1n) is 6.18. The molecule has 22 heavy (non-hydrogen) atoms. The Morgan fingerprint density at radius 3 is 2.41 bits per heavy atom. The molecule has 0 unspecified atom stereocenters. The molecule has 1 rings (SSSR count). The highest BCUT2D eigenvalue weighted by Gasteiger charge is 2.29. The van der Waals surface area contributed by atoms with Gasteiger partial charge in [-0.05, 0) is 26.0 Å².